The minimum atomic E-state index is -4.88. The standard InChI is InChI=1S/C12H4F6N2S/c13-11(14,15)9-7-5-3-1-2-4-6(5)21-8(7)10(20-19-9)12(16,17)18/h1-4H. The van der Waals surface area contributed by atoms with Crippen molar-refractivity contribution in [3.8, 4) is 0 Å². The number of nitrogens with zero attached hydrogens (tertiary/aromatic N) is 2. The van der Waals surface area contributed by atoms with Crippen LogP contribution in [0, 0.1) is 0 Å². The summed E-state index contributed by atoms with van der Waals surface area (Å²) in [6.45, 7) is 0. The molecular formula is C12H4F6N2S. The Labute approximate surface area is 117 Å². The summed E-state index contributed by atoms with van der Waals surface area (Å²) < 4.78 is 77.4. The second-order valence-electron chi connectivity index (χ2n) is 4.20. The van der Waals surface area contributed by atoms with Crippen LogP contribution < -0.4 is 0 Å². The molecule has 0 N–H and O–H groups in total. The van der Waals surface area contributed by atoms with E-state index in [9.17, 15) is 26.3 Å². The zero-order valence-electron chi connectivity index (χ0n) is 9.88. The van der Waals surface area contributed by atoms with Gasteiger partial charge in [0.15, 0.2) is 11.4 Å². The number of hydrogen-bond acceptors (Lipinski definition) is 3. The highest BCUT2D eigenvalue weighted by molar-refractivity contribution is 7.26. The van der Waals surface area contributed by atoms with E-state index in [1.54, 1.807) is 6.07 Å². The molecule has 110 valence electrons. The van der Waals surface area contributed by atoms with E-state index in [1.807, 2.05) is 0 Å². The zero-order chi connectivity index (χ0) is 15.4. The van der Waals surface area contributed by atoms with Gasteiger partial charge in [-0.3, -0.25) is 0 Å². The summed E-state index contributed by atoms with van der Waals surface area (Å²) >= 11 is 0.623. The average molecular weight is 322 g/mol. The van der Waals surface area contributed by atoms with Gasteiger partial charge in [0, 0.05) is 15.5 Å². The van der Waals surface area contributed by atoms with Crippen LogP contribution in [0.4, 0.5) is 26.3 Å². The molecule has 2 heterocycles. The summed E-state index contributed by atoms with van der Waals surface area (Å²) in [4.78, 5) is 0. The first-order chi connectivity index (χ1) is 9.69. The molecule has 0 radical (unpaired) electrons. The van der Waals surface area contributed by atoms with Crippen molar-refractivity contribution >= 4 is 31.5 Å². The second-order valence-corrected chi connectivity index (χ2v) is 5.25. The molecule has 21 heavy (non-hydrogen) atoms. The van der Waals surface area contributed by atoms with Crippen molar-refractivity contribution in [3.05, 3.63) is 35.7 Å². The van der Waals surface area contributed by atoms with Crippen LogP contribution in [-0.4, -0.2) is 10.2 Å². The van der Waals surface area contributed by atoms with Gasteiger partial charge in [-0.25, -0.2) is 0 Å². The molecule has 9 heteroatoms. The van der Waals surface area contributed by atoms with Gasteiger partial charge in [0.2, 0.25) is 0 Å². The Kier molecular flexibility index (Phi) is 2.88. The molecule has 0 atom stereocenters. The van der Waals surface area contributed by atoms with Crippen molar-refractivity contribution in [1.29, 1.82) is 0 Å². The Bertz CT molecular complexity index is 833. The summed E-state index contributed by atoms with van der Waals surface area (Å²) in [5.74, 6) is 0. The lowest BCUT2D eigenvalue weighted by atomic mass is 10.1. The van der Waals surface area contributed by atoms with Crippen LogP contribution in [0.2, 0.25) is 0 Å². The summed E-state index contributed by atoms with van der Waals surface area (Å²) in [6, 6.07) is 5.80. The van der Waals surface area contributed by atoms with Crippen LogP contribution in [0.25, 0.3) is 20.2 Å². The lowest BCUT2D eigenvalue weighted by Crippen LogP contribution is -2.15. The molecular weight excluding hydrogens is 318 g/mol. The quantitative estimate of drug-likeness (QED) is 0.551. The monoisotopic (exact) mass is 322 g/mol. The highest BCUT2D eigenvalue weighted by Gasteiger charge is 2.42. The Morgan fingerprint density at radius 2 is 1.38 bits per heavy atom. The van der Waals surface area contributed by atoms with Crippen LogP contribution in [0.5, 0.6) is 0 Å². The average Bonchev–Trinajstić information content (AvgIpc) is 2.74. The predicted molar refractivity (Wildman–Crippen MR) is 64.9 cm³/mol. The van der Waals surface area contributed by atoms with E-state index >= 15 is 0 Å². The molecule has 0 fully saturated rings. The normalized spacial score (nSPS) is 13.2. The van der Waals surface area contributed by atoms with Crippen LogP contribution in [0.3, 0.4) is 0 Å². The Hall–Kier alpha value is -1.90. The van der Waals surface area contributed by atoms with Crippen molar-refractivity contribution in [2.24, 2.45) is 0 Å². The molecule has 0 aliphatic rings. The second kappa shape index (κ2) is 4.30. The largest absolute Gasteiger partial charge is 0.436 e. The number of fused-ring (bicyclic) bond motifs is 3. The fourth-order valence-corrected chi connectivity index (χ4v) is 3.24. The first-order valence-corrected chi connectivity index (χ1v) is 6.33. The van der Waals surface area contributed by atoms with E-state index in [0.717, 1.165) is 0 Å². The highest BCUT2D eigenvalue weighted by atomic mass is 32.1. The number of rotatable bonds is 0. The molecule has 0 amide bonds. The molecule has 0 spiro atoms. The van der Waals surface area contributed by atoms with Gasteiger partial charge in [-0.2, -0.15) is 26.3 Å². The SMILES string of the molecule is FC(F)(F)c1nnc(C(F)(F)F)c2c1sc1ccccc12. The fraction of sp³-hybridized carbons (Fsp3) is 0.167. The number of hydrogen-bond donors (Lipinski definition) is 0. The number of thiophene rings is 1. The Balaban J connectivity index is 2.53. The van der Waals surface area contributed by atoms with Gasteiger partial charge in [0.05, 0.1) is 4.70 Å². The van der Waals surface area contributed by atoms with Crippen LogP contribution in [-0.2, 0) is 12.4 Å². The third-order valence-electron chi connectivity index (χ3n) is 2.83. The molecule has 0 aliphatic heterocycles. The first-order valence-electron chi connectivity index (χ1n) is 5.52. The zero-order valence-corrected chi connectivity index (χ0v) is 10.7. The third-order valence-corrected chi connectivity index (χ3v) is 4.01. The molecule has 3 rings (SSSR count). The molecule has 0 saturated heterocycles. The van der Waals surface area contributed by atoms with Gasteiger partial charge in [0.1, 0.15) is 0 Å². The summed E-state index contributed by atoms with van der Waals surface area (Å²) in [5, 5.41) is 5.07. The number of alkyl halides is 6. The maximum atomic E-state index is 13.0. The van der Waals surface area contributed by atoms with Crippen molar-refractivity contribution in [1.82, 2.24) is 10.2 Å². The molecule has 3 aromatic rings. The van der Waals surface area contributed by atoms with E-state index < -0.39 is 33.8 Å². The summed E-state index contributed by atoms with van der Waals surface area (Å²) in [7, 11) is 0. The van der Waals surface area contributed by atoms with Gasteiger partial charge < -0.3 is 0 Å². The van der Waals surface area contributed by atoms with E-state index in [4.69, 9.17) is 0 Å². The van der Waals surface area contributed by atoms with Gasteiger partial charge in [0.25, 0.3) is 0 Å². The van der Waals surface area contributed by atoms with Crippen molar-refractivity contribution in [2.45, 2.75) is 12.4 Å². The van der Waals surface area contributed by atoms with Crippen LogP contribution in [0.1, 0.15) is 11.4 Å². The molecule has 0 unspecified atom stereocenters. The third kappa shape index (κ3) is 2.21. The summed E-state index contributed by atoms with van der Waals surface area (Å²) in [6.07, 6.45) is -9.74. The first kappa shape index (κ1) is 14.1. The lowest BCUT2D eigenvalue weighted by Gasteiger charge is -2.10. The maximum Gasteiger partial charge on any atom is 0.436 e. The lowest BCUT2D eigenvalue weighted by molar-refractivity contribution is -0.145. The molecule has 0 aliphatic carbocycles. The Morgan fingerprint density at radius 1 is 0.810 bits per heavy atom. The number of aromatic nitrogens is 2. The van der Waals surface area contributed by atoms with Crippen molar-refractivity contribution < 1.29 is 26.3 Å². The summed E-state index contributed by atoms with van der Waals surface area (Å²) in [5.41, 5.74) is -2.80. The highest BCUT2D eigenvalue weighted by Crippen LogP contribution is 2.45. The molecule has 0 saturated carbocycles. The molecule has 2 aromatic heterocycles. The predicted octanol–water partition coefficient (Wildman–Crippen LogP) is 4.88. The van der Waals surface area contributed by atoms with Crippen molar-refractivity contribution in [3.63, 3.8) is 0 Å². The minimum Gasteiger partial charge on any atom is -0.164 e. The van der Waals surface area contributed by atoms with Gasteiger partial charge in [-0.05, 0) is 6.07 Å². The number of benzene rings is 1. The number of halogens is 6. The van der Waals surface area contributed by atoms with Crippen molar-refractivity contribution in [2.75, 3.05) is 0 Å². The van der Waals surface area contributed by atoms with E-state index in [-0.39, 0.29) is 5.39 Å². The van der Waals surface area contributed by atoms with Gasteiger partial charge in [-0.1, -0.05) is 18.2 Å². The van der Waals surface area contributed by atoms with E-state index in [1.165, 1.54) is 18.2 Å². The molecule has 1 aromatic carbocycles. The topological polar surface area (TPSA) is 25.8 Å². The fourth-order valence-electron chi connectivity index (χ4n) is 2.03. The molecule has 2 nitrogen and oxygen atoms in total. The maximum absolute atomic E-state index is 13.0. The van der Waals surface area contributed by atoms with Crippen LogP contribution in [0.15, 0.2) is 24.3 Å². The Morgan fingerprint density at radius 3 is 2.00 bits per heavy atom. The minimum absolute atomic E-state index is 0.0882. The van der Waals surface area contributed by atoms with Gasteiger partial charge in [-0.15, -0.1) is 21.5 Å². The van der Waals surface area contributed by atoms with E-state index in [2.05, 4.69) is 10.2 Å². The van der Waals surface area contributed by atoms with Gasteiger partial charge >= 0.3 is 12.4 Å². The molecule has 0 bridgehead atoms. The van der Waals surface area contributed by atoms with E-state index in [0.29, 0.717) is 16.0 Å². The smallest absolute Gasteiger partial charge is 0.164 e. The van der Waals surface area contributed by atoms with Crippen LogP contribution >= 0.6 is 11.3 Å².